The second kappa shape index (κ2) is 4.28. The van der Waals surface area contributed by atoms with Crippen LogP contribution in [0.15, 0.2) is 0 Å². The molecule has 1 atom stereocenters. The molecule has 1 unspecified atom stereocenters. The van der Waals surface area contributed by atoms with Gasteiger partial charge in [-0.3, -0.25) is 4.90 Å². The first-order valence-corrected chi connectivity index (χ1v) is 6.83. The average molecular weight is 224 g/mol. The molecule has 0 aromatic rings. The van der Waals surface area contributed by atoms with Gasteiger partial charge in [-0.05, 0) is 45.1 Å². The number of likely N-dealkylation sites (tertiary alicyclic amines) is 1. The average Bonchev–Trinajstić information content (AvgIpc) is 2.92. The first kappa shape index (κ1) is 11.0. The summed E-state index contributed by atoms with van der Waals surface area (Å²) in [5.74, 6) is 0. The van der Waals surface area contributed by atoms with E-state index in [4.69, 9.17) is 4.74 Å². The summed E-state index contributed by atoms with van der Waals surface area (Å²) in [7, 11) is 1.88. The number of nitrogens with one attached hydrogen (secondary N) is 1. The van der Waals surface area contributed by atoms with Gasteiger partial charge in [0.05, 0.1) is 5.60 Å². The second-order valence-electron chi connectivity index (χ2n) is 5.90. The molecule has 0 spiro atoms. The fraction of sp³-hybridized carbons (Fsp3) is 1.00. The van der Waals surface area contributed by atoms with Gasteiger partial charge in [0.2, 0.25) is 0 Å². The van der Waals surface area contributed by atoms with Gasteiger partial charge >= 0.3 is 0 Å². The third-order valence-electron chi connectivity index (χ3n) is 4.53. The minimum absolute atomic E-state index is 0.217. The molecular weight excluding hydrogens is 200 g/mol. The highest BCUT2D eigenvalue weighted by Gasteiger charge is 2.40. The SMILES string of the molecule is COC1(CN2CCC(NC3CC3)C2)CCC1. The number of hydrogen-bond acceptors (Lipinski definition) is 3. The first-order chi connectivity index (χ1) is 7.80. The molecule has 3 aliphatic rings. The van der Waals surface area contributed by atoms with E-state index >= 15 is 0 Å². The van der Waals surface area contributed by atoms with Gasteiger partial charge < -0.3 is 10.1 Å². The summed E-state index contributed by atoms with van der Waals surface area (Å²) < 4.78 is 5.70. The maximum Gasteiger partial charge on any atom is 0.0805 e. The van der Waals surface area contributed by atoms with E-state index < -0.39 is 0 Å². The molecular formula is C13H24N2O. The van der Waals surface area contributed by atoms with Crippen molar-refractivity contribution in [2.24, 2.45) is 0 Å². The van der Waals surface area contributed by atoms with E-state index in [-0.39, 0.29) is 5.60 Å². The van der Waals surface area contributed by atoms with Crippen molar-refractivity contribution in [3.05, 3.63) is 0 Å². The smallest absolute Gasteiger partial charge is 0.0805 e. The molecule has 0 amide bonds. The van der Waals surface area contributed by atoms with Gasteiger partial charge in [0.1, 0.15) is 0 Å². The van der Waals surface area contributed by atoms with E-state index in [1.807, 2.05) is 7.11 Å². The van der Waals surface area contributed by atoms with Gasteiger partial charge in [-0.15, -0.1) is 0 Å². The Balaban J connectivity index is 1.45. The largest absolute Gasteiger partial charge is 0.377 e. The zero-order valence-electron chi connectivity index (χ0n) is 10.4. The summed E-state index contributed by atoms with van der Waals surface area (Å²) in [5, 5.41) is 3.74. The number of methoxy groups -OCH3 is 1. The van der Waals surface area contributed by atoms with E-state index in [0.29, 0.717) is 0 Å². The van der Waals surface area contributed by atoms with Gasteiger partial charge in [0, 0.05) is 32.3 Å². The Kier molecular flexibility index (Phi) is 2.94. The van der Waals surface area contributed by atoms with Crippen LogP contribution in [0.3, 0.4) is 0 Å². The summed E-state index contributed by atoms with van der Waals surface area (Å²) >= 11 is 0. The van der Waals surface area contributed by atoms with Crippen molar-refractivity contribution < 1.29 is 4.74 Å². The molecule has 16 heavy (non-hydrogen) atoms. The predicted octanol–water partition coefficient (Wildman–Crippen LogP) is 1.38. The molecule has 1 aliphatic heterocycles. The van der Waals surface area contributed by atoms with Crippen LogP contribution < -0.4 is 5.32 Å². The Morgan fingerprint density at radius 2 is 2.06 bits per heavy atom. The van der Waals surface area contributed by atoms with Gasteiger partial charge in [-0.25, -0.2) is 0 Å². The standard InChI is InChI=1S/C13H24N2O/c1-16-13(6-2-7-13)10-15-8-5-12(9-15)14-11-3-4-11/h11-12,14H,2-10H2,1H3. The lowest BCUT2D eigenvalue weighted by Crippen LogP contribution is -2.49. The Hall–Kier alpha value is -0.120. The molecule has 3 rings (SSSR count). The highest BCUT2D eigenvalue weighted by molar-refractivity contribution is 4.96. The third kappa shape index (κ3) is 2.27. The lowest BCUT2D eigenvalue weighted by atomic mass is 9.79. The Labute approximate surface area is 98.5 Å². The van der Waals surface area contributed by atoms with Gasteiger partial charge in [0.25, 0.3) is 0 Å². The van der Waals surface area contributed by atoms with E-state index in [0.717, 1.165) is 18.6 Å². The monoisotopic (exact) mass is 224 g/mol. The Bertz CT molecular complexity index is 243. The molecule has 0 radical (unpaired) electrons. The molecule has 3 nitrogen and oxygen atoms in total. The molecule has 92 valence electrons. The minimum atomic E-state index is 0.217. The van der Waals surface area contributed by atoms with Crippen molar-refractivity contribution in [3.8, 4) is 0 Å². The molecule has 2 aliphatic carbocycles. The maximum atomic E-state index is 5.70. The van der Waals surface area contributed by atoms with E-state index in [2.05, 4.69) is 10.2 Å². The second-order valence-corrected chi connectivity index (χ2v) is 5.90. The molecule has 3 fully saturated rings. The number of hydrogen-bond donors (Lipinski definition) is 1. The Morgan fingerprint density at radius 1 is 1.25 bits per heavy atom. The quantitative estimate of drug-likeness (QED) is 0.763. The molecule has 2 saturated carbocycles. The van der Waals surface area contributed by atoms with Crippen LogP contribution in [-0.4, -0.2) is 49.3 Å². The van der Waals surface area contributed by atoms with Crippen LogP contribution in [0.25, 0.3) is 0 Å². The first-order valence-electron chi connectivity index (χ1n) is 6.83. The fourth-order valence-corrected chi connectivity index (χ4v) is 3.10. The lowest BCUT2D eigenvalue weighted by molar-refractivity contribution is -0.0886. The molecule has 1 saturated heterocycles. The summed E-state index contributed by atoms with van der Waals surface area (Å²) in [5.41, 5.74) is 0.217. The molecule has 1 N–H and O–H groups in total. The van der Waals surface area contributed by atoms with Crippen LogP contribution in [0.4, 0.5) is 0 Å². The van der Waals surface area contributed by atoms with Crippen molar-refractivity contribution in [1.82, 2.24) is 10.2 Å². The number of ether oxygens (including phenoxy) is 1. The van der Waals surface area contributed by atoms with E-state index in [1.165, 1.54) is 51.6 Å². The van der Waals surface area contributed by atoms with Crippen molar-refractivity contribution in [1.29, 1.82) is 0 Å². The topological polar surface area (TPSA) is 24.5 Å². The fourth-order valence-electron chi connectivity index (χ4n) is 3.10. The molecule has 0 aromatic heterocycles. The molecule has 1 heterocycles. The van der Waals surface area contributed by atoms with Gasteiger partial charge in [-0.1, -0.05) is 0 Å². The number of rotatable bonds is 5. The summed E-state index contributed by atoms with van der Waals surface area (Å²) in [6, 6.07) is 1.60. The highest BCUT2D eigenvalue weighted by Crippen LogP contribution is 2.36. The van der Waals surface area contributed by atoms with Crippen LogP contribution in [0.1, 0.15) is 38.5 Å². The molecule has 0 aromatic carbocycles. The van der Waals surface area contributed by atoms with E-state index in [1.54, 1.807) is 0 Å². The number of nitrogens with zero attached hydrogens (tertiary/aromatic N) is 1. The normalized spacial score (nSPS) is 33.9. The summed E-state index contributed by atoms with van der Waals surface area (Å²) in [6.07, 6.45) is 8.01. The summed E-state index contributed by atoms with van der Waals surface area (Å²) in [6.45, 7) is 3.66. The van der Waals surface area contributed by atoms with Gasteiger partial charge in [0.15, 0.2) is 0 Å². The highest BCUT2D eigenvalue weighted by atomic mass is 16.5. The van der Waals surface area contributed by atoms with Crippen LogP contribution in [-0.2, 0) is 4.74 Å². The molecule has 0 bridgehead atoms. The van der Waals surface area contributed by atoms with Crippen LogP contribution in [0.2, 0.25) is 0 Å². The lowest BCUT2D eigenvalue weighted by Gasteiger charge is -2.43. The van der Waals surface area contributed by atoms with Gasteiger partial charge in [-0.2, -0.15) is 0 Å². The minimum Gasteiger partial charge on any atom is -0.377 e. The zero-order chi connectivity index (χ0) is 11.0. The van der Waals surface area contributed by atoms with Crippen molar-refractivity contribution in [2.45, 2.75) is 56.2 Å². The maximum absolute atomic E-state index is 5.70. The van der Waals surface area contributed by atoms with Crippen molar-refractivity contribution >= 4 is 0 Å². The zero-order valence-corrected chi connectivity index (χ0v) is 10.4. The summed E-state index contributed by atoms with van der Waals surface area (Å²) in [4.78, 5) is 2.60. The van der Waals surface area contributed by atoms with Crippen LogP contribution >= 0.6 is 0 Å². The molecule has 3 heteroatoms. The van der Waals surface area contributed by atoms with Crippen LogP contribution in [0, 0.1) is 0 Å². The van der Waals surface area contributed by atoms with Crippen molar-refractivity contribution in [3.63, 3.8) is 0 Å². The van der Waals surface area contributed by atoms with E-state index in [9.17, 15) is 0 Å². The third-order valence-corrected chi connectivity index (χ3v) is 4.53. The van der Waals surface area contributed by atoms with Crippen LogP contribution in [0.5, 0.6) is 0 Å². The predicted molar refractivity (Wildman–Crippen MR) is 64.6 cm³/mol. The van der Waals surface area contributed by atoms with Crippen molar-refractivity contribution in [2.75, 3.05) is 26.7 Å². The Morgan fingerprint density at radius 3 is 2.62 bits per heavy atom.